The van der Waals surface area contributed by atoms with E-state index in [0.29, 0.717) is 18.1 Å². The topological polar surface area (TPSA) is 29.3 Å². The maximum Gasteiger partial charge on any atom is 0.0249 e. The highest BCUT2D eigenvalue weighted by molar-refractivity contribution is 4.84. The first kappa shape index (κ1) is 18.0. The van der Waals surface area contributed by atoms with Crippen LogP contribution in [-0.2, 0) is 0 Å². The summed E-state index contributed by atoms with van der Waals surface area (Å²) in [7, 11) is 0. The summed E-state index contributed by atoms with van der Waals surface area (Å²) in [5, 5.41) is 0. The third-order valence-corrected chi connectivity index (χ3v) is 5.23. The SMILES string of the molecule is CCC(C)N(CC)C1CCCCCCCCCCC1N. The van der Waals surface area contributed by atoms with E-state index in [0.717, 1.165) is 6.54 Å². The van der Waals surface area contributed by atoms with E-state index >= 15 is 0 Å². The summed E-state index contributed by atoms with van der Waals surface area (Å²) in [5.74, 6) is 0. The average Bonchev–Trinajstić information content (AvgIpc) is 2.45. The molecule has 3 atom stereocenters. The zero-order valence-electron chi connectivity index (χ0n) is 14.2. The normalized spacial score (nSPS) is 28.6. The van der Waals surface area contributed by atoms with Gasteiger partial charge in [-0.05, 0) is 32.7 Å². The molecule has 120 valence electrons. The van der Waals surface area contributed by atoms with E-state index in [1.165, 1.54) is 70.6 Å². The summed E-state index contributed by atoms with van der Waals surface area (Å²) in [6.07, 6.45) is 15.0. The zero-order chi connectivity index (χ0) is 14.8. The summed E-state index contributed by atoms with van der Waals surface area (Å²) < 4.78 is 0. The fourth-order valence-corrected chi connectivity index (χ4v) is 3.72. The molecule has 1 rings (SSSR count). The van der Waals surface area contributed by atoms with Crippen LogP contribution in [0.15, 0.2) is 0 Å². The van der Waals surface area contributed by atoms with Gasteiger partial charge in [-0.2, -0.15) is 0 Å². The molecule has 0 aromatic rings. The summed E-state index contributed by atoms with van der Waals surface area (Å²) in [6.45, 7) is 8.11. The minimum absolute atomic E-state index is 0.378. The van der Waals surface area contributed by atoms with E-state index in [9.17, 15) is 0 Å². The third kappa shape index (κ3) is 6.13. The Morgan fingerprint density at radius 2 is 1.40 bits per heavy atom. The van der Waals surface area contributed by atoms with E-state index < -0.39 is 0 Å². The van der Waals surface area contributed by atoms with E-state index in [4.69, 9.17) is 5.73 Å². The van der Waals surface area contributed by atoms with Crippen molar-refractivity contribution in [3.63, 3.8) is 0 Å². The Hall–Kier alpha value is -0.0800. The molecule has 0 spiro atoms. The molecule has 0 amide bonds. The molecule has 2 N–H and O–H groups in total. The lowest BCUT2D eigenvalue weighted by molar-refractivity contribution is 0.113. The van der Waals surface area contributed by atoms with Crippen molar-refractivity contribution in [1.29, 1.82) is 0 Å². The Balaban J connectivity index is 2.63. The van der Waals surface area contributed by atoms with Gasteiger partial charge in [0, 0.05) is 18.1 Å². The lowest BCUT2D eigenvalue weighted by Gasteiger charge is -2.39. The van der Waals surface area contributed by atoms with E-state index in [1.54, 1.807) is 0 Å². The number of likely N-dealkylation sites (N-methyl/N-ethyl adjacent to an activating group) is 1. The van der Waals surface area contributed by atoms with Crippen LogP contribution in [0.4, 0.5) is 0 Å². The molecule has 0 radical (unpaired) electrons. The summed E-state index contributed by atoms with van der Waals surface area (Å²) in [6, 6.07) is 1.65. The first-order valence-corrected chi connectivity index (χ1v) is 9.22. The van der Waals surface area contributed by atoms with Crippen molar-refractivity contribution in [3.8, 4) is 0 Å². The molecule has 0 aromatic carbocycles. The highest BCUT2D eigenvalue weighted by atomic mass is 15.2. The van der Waals surface area contributed by atoms with E-state index in [-0.39, 0.29) is 0 Å². The second kappa shape index (κ2) is 10.6. The second-order valence-electron chi connectivity index (χ2n) is 6.72. The maximum absolute atomic E-state index is 6.59. The van der Waals surface area contributed by atoms with Crippen LogP contribution >= 0.6 is 0 Å². The molecule has 0 aromatic heterocycles. The van der Waals surface area contributed by atoms with Crippen molar-refractivity contribution in [2.45, 2.75) is 110 Å². The van der Waals surface area contributed by atoms with Crippen LogP contribution in [0.5, 0.6) is 0 Å². The van der Waals surface area contributed by atoms with Gasteiger partial charge in [0.05, 0.1) is 0 Å². The van der Waals surface area contributed by atoms with Gasteiger partial charge < -0.3 is 5.73 Å². The molecule has 20 heavy (non-hydrogen) atoms. The molecular weight excluding hydrogens is 244 g/mol. The lowest BCUT2D eigenvalue weighted by Crippen LogP contribution is -2.51. The fourth-order valence-electron chi connectivity index (χ4n) is 3.72. The second-order valence-corrected chi connectivity index (χ2v) is 6.72. The van der Waals surface area contributed by atoms with E-state index in [1.807, 2.05) is 0 Å². The fraction of sp³-hybridized carbons (Fsp3) is 1.00. The minimum atomic E-state index is 0.378. The van der Waals surface area contributed by atoms with Crippen LogP contribution in [0.25, 0.3) is 0 Å². The minimum Gasteiger partial charge on any atom is -0.326 e. The zero-order valence-corrected chi connectivity index (χ0v) is 14.2. The highest BCUT2D eigenvalue weighted by Crippen LogP contribution is 2.22. The molecule has 0 saturated heterocycles. The number of nitrogens with zero attached hydrogens (tertiary/aromatic N) is 1. The predicted octanol–water partition coefficient (Wildman–Crippen LogP) is 4.72. The molecule has 1 aliphatic rings. The van der Waals surface area contributed by atoms with Crippen molar-refractivity contribution in [2.24, 2.45) is 5.73 Å². The summed E-state index contributed by atoms with van der Waals surface area (Å²) >= 11 is 0. The molecule has 0 aliphatic heterocycles. The summed E-state index contributed by atoms with van der Waals surface area (Å²) in [4.78, 5) is 2.68. The Morgan fingerprint density at radius 3 is 1.90 bits per heavy atom. The predicted molar refractivity (Wildman–Crippen MR) is 90.1 cm³/mol. The smallest absolute Gasteiger partial charge is 0.0249 e. The van der Waals surface area contributed by atoms with Crippen LogP contribution in [0.1, 0.15) is 91.4 Å². The molecule has 0 bridgehead atoms. The third-order valence-electron chi connectivity index (χ3n) is 5.23. The van der Waals surface area contributed by atoms with Gasteiger partial charge in [0.15, 0.2) is 0 Å². The Labute approximate surface area is 127 Å². The molecule has 2 nitrogen and oxygen atoms in total. The highest BCUT2D eigenvalue weighted by Gasteiger charge is 2.26. The van der Waals surface area contributed by atoms with Gasteiger partial charge in [0.25, 0.3) is 0 Å². The van der Waals surface area contributed by atoms with Crippen molar-refractivity contribution in [2.75, 3.05) is 6.54 Å². The van der Waals surface area contributed by atoms with Crippen molar-refractivity contribution in [3.05, 3.63) is 0 Å². The molecule has 1 fully saturated rings. The standard InChI is InChI=1S/C18H38N2/c1-4-16(3)20(5-2)18-15-13-11-9-7-6-8-10-12-14-17(18)19/h16-18H,4-15,19H2,1-3H3. The molecule has 2 heteroatoms. The number of hydrogen-bond donors (Lipinski definition) is 1. The Morgan fingerprint density at radius 1 is 0.900 bits per heavy atom. The lowest BCUT2D eigenvalue weighted by atomic mass is 9.92. The first-order valence-electron chi connectivity index (χ1n) is 9.22. The monoisotopic (exact) mass is 282 g/mol. The van der Waals surface area contributed by atoms with Crippen LogP contribution in [-0.4, -0.2) is 29.6 Å². The maximum atomic E-state index is 6.59. The van der Waals surface area contributed by atoms with Crippen LogP contribution < -0.4 is 5.73 Å². The summed E-state index contributed by atoms with van der Waals surface area (Å²) in [5.41, 5.74) is 6.59. The number of hydrogen-bond acceptors (Lipinski definition) is 2. The molecule has 1 saturated carbocycles. The Kier molecular flexibility index (Phi) is 9.54. The number of nitrogens with two attached hydrogens (primary N) is 1. The molecule has 3 unspecified atom stereocenters. The Bertz CT molecular complexity index is 229. The molecular formula is C18H38N2. The van der Waals surface area contributed by atoms with Crippen LogP contribution in [0.3, 0.4) is 0 Å². The molecule has 1 aliphatic carbocycles. The van der Waals surface area contributed by atoms with Gasteiger partial charge in [-0.15, -0.1) is 0 Å². The number of rotatable bonds is 4. The van der Waals surface area contributed by atoms with Gasteiger partial charge in [0.1, 0.15) is 0 Å². The first-order chi connectivity index (χ1) is 9.70. The largest absolute Gasteiger partial charge is 0.326 e. The van der Waals surface area contributed by atoms with Crippen LogP contribution in [0.2, 0.25) is 0 Å². The van der Waals surface area contributed by atoms with E-state index in [2.05, 4.69) is 25.7 Å². The van der Waals surface area contributed by atoms with Gasteiger partial charge in [0.2, 0.25) is 0 Å². The van der Waals surface area contributed by atoms with Crippen molar-refractivity contribution >= 4 is 0 Å². The van der Waals surface area contributed by atoms with Gasteiger partial charge >= 0.3 is 0 Å². The quantitative estimate of drug-likeness (QED) is 0.808. The van der Waals surface area contributed by atoms with Crippen molar-refractivity contribution < 1.29 is 0 Å². The van der Waals surface area contributed by atoms with Crippen molar-refractivity contribution in [1.82, 2.24) is 4.90 Å². The molecule has 0 heterocycles. The van der Waals surface area contributed by atoms with Crippen LogP contribution in [0, 0.1) is 0 Å². The average molecular weight is 283 g/mol. The van der Waals surface area contributed by atoms with Gasteiger partial charge in [-0.25, -0.2) is 0 Å². The van der Waals surface area contributed by atoms with Gasteiger partial charge in [-0.1, -0.05) is 65.2 Å². The van der Waals surface area contributed by atoms with Gasteiger partial charge in [-0.3, -0.25) is 4.90 Å².